The Morgan fingerprint density at radius 3 is 2.65 bits per heavy atom. The number of esters is 1. The molecule has 0 radical (unpaired) electrons. The second kappa shape index (κ2) is 7.09. The molecule has 1 amide bonds. The molecule has 1 atom stereocenters. The Morgan fingerprint density at radius 1 is 1.26 bits per heavy atom. The maximum atomic E-state index is 12.4. The number of carbonyl (C=O) groups is 2. The first-order valence-electron chi connectivity index (χ1n) is 7.27. The van der Waals surface area contributed by atoms with Gasteiger partial charge >= 0.3 is 5.97 Å². The van der Waals surface area contributed by atoms with E-state index in [-0.39, 0.29) is 24.3 Å². The molecule has 0 saturated carbocycles. The van der Waals surface area contributed by atoms with Crippen LogP contribution in [-0.4, -0.2) is 37.1 Å². The molecule has 2 aromatic rings. The van der Waals surface area contributed by atoms with Gasteiger partial charge in [0.15, 0.2) is 0 Å². The van der Waals surface area contributed by atoms with Crippen LogP contribution in [0.3, 0.4) is 0 Å². The number of methoxy groups -OCH3 is 2. The highest BCUT2D eigenvalue weighted by Crippen LogP contribution is 2.21. The number of nitrogens with one attached hydrogen (secondary N) is 1. The minimum atomic E-state index is -0.363. The highest BCUT2D eigenvalue weighted by Gasteiger charge is 2.16. The minimum Gasteiger partial charge on any atom is -0.497 e. The summed E-state index contributed by atoms with van der Waals surface area (Å²) in [6.07, 6.45) is 0.125. The lowest BCUT2D eigenvalue weighted by Gasteiger charge is -2.14. The Bertz CT molecular complexity index is 743. The molecular weight excluding hydrogens is 296 g/mol. The maximum absolute atomic E-state index is 12.4. The fourth-order valence-corrected chi connectivity index (χ4v) is 2.29. The molecule has 0 spiro atoms. The van der Waals surface area contributed by atoms with E-state index < -0.39 is 0 Å². The van der Waals surface area contributed by atoms with Crippen LogP contribution in [0.2, 0.25) is 0 Å². The zero-order valence-electron chi connectivity index (χ0n) is 13.7. The summed E-state index contributed by atoms with van der Waals surface area (Å²) in [6.45, 7) is 3.53. The number of hydrogen-bond donors (Lipinski definition) is 1. The predicted octanol–water partition coefficient (Wildman–Crippen LogP) is 2.23. The van der Waals surface area contributed by atoms with Crippen LogP contribution in [0.1, 0.15) is 29.4 Å². The molecule has 122 valence electrons. The molecule has 1 aromatic heterocycles. The average molecular weight is 316 g/mol. The number of aromatic nitrogens is 1. The number of aryl methyl sites for hydroxylation is 1. The molecule has 0 aliphatic carbocycles. The largest absolute Gasteiger partial charge is 0.497 e. The minimum absolute atomic E-state index is 0.125. The lowest BCUT2D eigenvalue weighted by molar-refractivity contribution is -0.141. The van der Waals surface area contributed by atoms with Crippen molar-refractivity contribution < 1.29 is 19.1 Å². The monoisotopic (exact) mass is 316 g/mol. The number of pyridine rings is 1. The highest BCUT2D eigenvalue weighted by atomic mass is 16.5. The topological polar surface area (TPSA) is 77.5 Å². The number of carbonyl (C=O) groups excluding carboxylic acids is 2. The Hall–Kier alpha value is -2.63. The van der Waals surface area contributed by atoms with Crippen molar-refractivity contribution >= 4 is 22.8 Å². The van der Waals surface area contributed by atoms with Crippen molar-refractivity contribution in [3.8, 4) is 5.75 Å². The van der Waals surface area contributed by atoms with Crippen molar-refractivity contribution in [2.45, 2.75) is 26.3 Å². The van der Waals surface area contributed by atoms with E-state index in [0.29, 0.717) is 17.0 Å². The van der Waals surface area contributed by atoms with E-state index in [9.17, 15) is 9.59 Å². The average Bonchev–Trinajstić information content (AvgIpc) is 2.53. The molecule has 6 heteroatoms. The SMILES string of the molecule is COC(=O)CC(C)NC(=O)c1cc2ccc(OC)cc2nc1C. The Labute approximate surface area is 134 Å². The van der Waals surface area contributed by atoms with Crippen molar-refractivity contribution in [1.82, 2.24) is 10.3 Å². The Morgan fingerprint density at radius 2 is 2.00 bits per heavy atom. The van der Waals surface area contributed by atoms with E-state index in [1.165, 1.54) is 7.11 Å². The van der Waals surface area contributed by atoms with Crippen molar-refractivity contribution in [2.24, 2.45) is 0 Å². The van der Waals surface area contributed by atoms with Gasteiger partial charge in [-0.2, -0.15) is 0 Å². The van der Waals surface area contributed by atoms with E-state index in [4.69, 9.17) is 4.74 Å². The molecule has 2 rings (SSSR count). The van der Waals surface area contributed by atoms with Crippen LogP contribution >= 0.6 is 0 Å². The molecule has 1 heterocycles. The normalized spacial score (nSPS) is 11.8. The van der Waals surface area contributed by atoms with Gasteiger partial charge in [0.25, 0.3) is 5.91 Å². The summed E-state index contributed by atoms with van der Waals surface area (Å²) in [4.78, 5) is 28.1. The fourth-order valence-electron chi connectivity index (χ4n) is 2.29. The van der Waals surface area contributed by atoms with Crippen LogP contribution in [0.5, 0.6) is 5.75 Å². The Kier molecular flexibility index (Phi) is 5.16. The maximum Gasteiger partial charge on any atom is 0.307 e. The Balaban J connectivity index is 2.23. The van der Waals surface area contributed by atoms with Crippen LogP contribution in [0.4, 0.5) is 0 Å². The standard InChI is InChI=1S/C17H20N2O4/c1-10(7-16(20)23-4)18-17(21)14-8-12-5-6-13(22-3)9-15(12)19-11(14)2/h5-6,8-10H,7H2,1-4H3,(H,18,21). The molecule has 0 fully saturated rings. The summed E-state index contributed by atoms with van der Waals surface area (Å²) in [7, 11) is 2.92. The summed E-state index contributed by atoms with van der Waals surface area (Å²) < 4.78 is 9.77. The molecule has 6 nitrogen and oxygen atoms in total. The lowest BCUT2D eigenvalue weighted by Crippen LogP contribution is -2.35. The predicted molar refractivity (Wildman–Crippen MR) is 86.6 cm³/mol. The van der Waals surface area contributed by atoms with Crippen molar-refractivity contribution in [3.63, 3.8) is 0 Å². The lowest BCUT2D eigenvalue weighted by atomic mass is 10.1. The van der Waals surface area contributed by atoms with Crippen LogP contribution in [0.25, 0.3) is 10.9 Å². The number of benzene rings is 1. The summed E-state index contributed by atoms with van der Waals surface area (Å²) in [5, 5.41) is 3.63. The number of amides is 1. The van der Waals surface area contributed by atoms with E-state index in [1.54, 1.807) is 27.0 Å². The van der Waals surface area contributed by atoms with Gasteiger partial charge in [-0.25, -0.2) is 0 Å². The van der Waals surface area contributed by atoms with Gasteiger partial charge in [0, 0.05) is 17.5 Å². The van der Waals surface area contributed by atoms with Crippen LogP contribution < -0.4 is 10.1 Å². The first kappa shape index (κ1) is 16.7. The van der Waals surface area contributed by atoms with Crippen LogP contribution in [0.15, 0.2) is 24.3 Å². The van der Waals surface area contributed by atoms with E-state index in [0.717, 1.165) is 10.9 Å². The van der Waals surface area contributed by atoms with Gasteiger partial charge in [-0.15, -0.1) is 0 Å². The number of ether oxygens (including phenoxy) is 2. The zero-order valence-corrected chi connectivity index (χ0v) is 13.7. The molecule has 1 N–H and O–H groups in total. The molecule has 0 saturated heterocycles. The quantitative estimate of drug-likeness (QED) is 0.856. The van der Waals surface area contributed by atoms with Gasteiger partial charge in [0.1, 0.15) is 5.75 Å². The van der Waals surface area contributed by atoms with Gasteiger partial charge < -0.3 is 14.8 Å². The number of rotatable bonds is 5. The van der Waals surface area contributed by atoms with Crippen LogP contribution in [-0.2, 0) is 9.53 Å². The van der Waals surface area contributed by atoms with E-state index in [2.05, 4.69) is 15.0 Å². The fraction of sp³-hybridized carbons (Fsp3) is 0.353. The first-order chi connectivity index (χ1) is 10.9. The smallest absolute Gasteiger partial charge is 0.307 e. The third-order valence-corrected chi connectivity index (χ3v) is 3.54. The van der Waals surface area contributed by atoms with Crippen molar-refractivity contribution in [2.75, 3.05) is 14.2 Å². The molecular formula is C17H20N2O4. The zero-order chi connectivity index (χ0) is 17.0. The molecule has 23 heavy (non-hydrogen) atoms. The molecule has 0 aliphatic heterocycles. The highest BCUT2D eigenvalue weighted by molar-refractivity contribution is 5.99. The van der Waals surface area contributed by atoms with Crippen LogP contribution in [0, 0.1) is 6.92 Å². The van der Waals surface area contributed by atoms with Gasteiger partial charge in [-0.3, -0.25) is 14.6 Å². The summed E-state index contributed by atoms with van der Waals surface area (Å²) in [6, 6.07) is 6.97. The molecule has 1 unspecified atom stereocenters. The third kappa shape index (κ3) is 3.97. The summed E-state index contributed by atoms with van der Waals surface area (Å²) >= 11 is 0. The second-order valence-electron chi connectivity index (χ2n) is 5.33. The first-order valence-corrected chi connectivity index (χ1v) is 7.27. The number of nitrogens with zero attached hydrogens (tertiary/aromatic N) is 1. The molecule has 1 aromatic carbocycles. The van der Waals surface area contributed by atoms with E-state index in [1.807, 2.05) is 18.2 Å². The summed E-state index contributed by atoms with van der Waals surface area (Å²) in [5.74, 6) is 0.0932. The third-order valence-electron chi connectivity index (χ3n) is 3.54. The van der Waals surface area contributed by atoms with Gasteiger partial charge in [-0.1, -0.05) is 0 Å². The van der Waals surface area contributed by atoms with Crippen molar-refractivity contribution in [1.29, 1.82) is 0 Å². The number of hydrogen-bond acceptors (Lipinski definition) is 5. The molecule has 0 bridgehead atoms. The summed E-state index contributed by atoms with van der Waals surface area (Å²) in [5.41, 5.74) is 1.87. The molecule has 0 aliphatic rings. The van der Waals surface area contributed by atoms with Gasteiger partial charge in [0.2, 0.25) is 0 Å². The van der Waals surface area contributed by atoms with Gasteiger partial charge in [0.05, 0.1) is 37.4 Å². The van der Waals surface area contributed by atoms with Crippen molar-refractivity contribution in [3.05, 3.63) is 35.5 Å². The number of fused-ring (bicyclic) bond motifs is 1. The second-order valence-corrected chi connectivity index (χ2v) is 5.33. The van der Waals surface area contributed by atoms with Gasteiger partial charge in [-0.05, 0) is 32.0 Å². The van der Waals surface area contributed by atoms with E-state index >= 15 is 0 Å².